The van der Waals surface area contributed by atoms with Crippen molar-refractivity contribution in [2.75, 3.05) is 0 Å². The quantitative estimate of drug-likeness (QED) is 0.762. The Hall–Kier alpha value is -1.01. The minimum absolute atomic E-state index is 0.125. The fourth-order valence-electron chi connectivity index (χ4n) is 1.03. The van der Waals surface area contributed by atoms with Crippen LogP contribution in [0.3, 0.4) is 0 Å². The van der Waals surface area contributed by atoms with Gasteiger partial charge in [-0.2, -0.15) is 17.0 Å². The minimum atomic E-state index is -0.286. The van der Waals surface area contributed by atoms with Crippen LogP contribution in [-0.4, -0.2) is 4.75 Å². The van der Waals surface area contributed by atoms with Crippen LogP contribution in [0.25, 0.3) is 0 Å². The van der Waals surface area contributed by atoms with Gasteiger partial charge in [0.05, 0.1) is 11.6 Å². The molecule has 1 aromatic rings. The molecule has 0 heterocycles. The molecule has 1 rings (SSSR count). The van der Waals surface area contributed by atoms with Crippen LogP contribution < -0.4 is 0 Å². The molecule has 0 aliphatic carbocycles. The number of rotatable bonds is 2. The van der Waals surface area contributed by atoms with Gasteiger partial charge in [-0.25, -0.2) is 4.39 Å². The van der Waals surface area contributed by atoms with Crippen molar-refractivity contribution < 1.29 is 4.39 Å². The third kappa shape index (κ3) is 3.93. The Balaban J connectivity index is 2.76. The first-order chi connectivity index (χ1) is 6.92. The molecule has 80 valence electrons. The van der Waals surface area contributed by atoms with E-state index < -0.39 is 0 Å². The first kappa shape index (κ1) is 12.1. The molecule has 1 nitrogen and oxygen atoms in total. The first-order valence-electron chi connectivity index (χ1n) is 4.75. The van der Waals surface area contributed by atoms with Crippen molar-refractivity contribution in [3.63, 3.8) is 0 Å². The van der Waals surface area contributed by atoms with Gasteiger partial charge in [-0.3, -0.25) is 0 Å². The van der Waals surface area contributed by atoms with E-state index in [1.165, 1.54) is 6.07 Å². The summed E-state index contributed by atoms with van der Waals surface area (Å²) >= 11 is 1.69. The smallest absolute Gasteiger partial charge is 0.128 e. The number of hydrogen-bond acceptors (Lipinski definition) is 2. The third-order valence-electron chi connectivity index (χ3n) is 1.84. The largest absolute Gasteiger partial charge is 0.207 e. The van der Waals surface area contributed by atoms with Gasteiger partial charge in [0.2, 0.25) is 0 Å². The first-order valence-corrected chi connectivity index (χ1v) is 5.73. The summed E-state index contributed by atoms with van der Waals surface area (Å²) in [6, 6.07) is 6.55. The van der Waals surface area contributed by atoms with Crippen molar-refractivity contribution in [3.05, 3.63) is 35.1 Å². The van der Waals surface area contributed by atoms with Gasteiger partial charge in [-0.05, 0) is 17.7 Å². The van der Waals surface area contributed by atoms with Crippen LogP contribution in [-0.2, 0) is 5.75 Å². The van der Waals surface area contributed by atoms with Gasteiger partial charge in [0.1, 0.15) is 5.82 Å². The number of hydrogen-bond donors (Lipinski definition) is 0. The average molecular weight is 223 g/mol. The highest BCUT2D eigenvalue weighted by atomic mass is 32.2. The molecule has 15 heavy (non-hydrogen) atoms. The van der Waals surface area contributed by atoms with Crippen LogP contribution in [0.1, 0.15) is 31.9 Å². The average Bonchev–Trinajstić information content (AvgIpc) is 2.14. The van der Waals surface area contributed by atoms with Gasteiger partial charge in [0.15, 0.2) is 0 Å². The highest BCUT2D eigenvalue weighted by molar-refractivity contribution is 7.99. The molecule has 0 radical (unpaired) electrons. The Morgan fingerprint density at radius 3 is 2.53 bits per heavy atom. The molecular weight excluding hydrogens is 209 g/mol. The summed E-state index contributed by atoms with van der Waals surface area (Å²) in [5.41, 5.74) is 1.03. The van der Waals surface area contributed by atoms with Gasteiger partial charge in [0.25, 0.3) is 0 Å². The second kappa shape index (κ2) is 4.67. The number of halogens is 1. The van der Waals surface area contributed by atoms with E-state index >= 15 is 0 Å². The molecule has 0 unspecified atom stereocenters. The molecule has 0 N–H and O–H groups in total. The van der Waals surface area contributed by atoms with Gasteiger partial charge < -0.3 is 0 Å². The second-order valence-electron chi connectivity index (χ2n) is 4.32. The standard InChI is InChI=1S/C12H14FNS/c1-12(2,3)15-8-10-5-4-9(7-14)6-11(10)13/h4-6H,8H2,1-3H3. The Morgan fingerprint density at radius 2 is 2.07 bits per heavy atom. The zero-order valence-electron chi connectivity index (χ0n) is 9.17. The van der Waals surface area contributed by atoms with Crippen molar-refractivity contribution in [2.24, 2.45) is 0 Å². The Kier molecular flexibility index (Phi) is 3.76. The molecule has 0 bridgehead atoms. The molecular formula is C12H14FNS. The van der Waals surface area contributed by atoms with Crippen molar-refractivity contribution in [3.8, 4) is 6.07 Å². The van der Waals surface area contributed by atoms with Crippen molar-refractivity contribution in [2.45, 2.75) is 31.3 Å². The number of thioether (sulfide) groups is 1. The predicted octanol–water partition coefficient (Wildman–Crippen LogP) is 3.73. The van der Waals surface area contributed by atoms with E-state index in [1.807, 2.05) is 6.07 Å². The zero-order valence-corrected chi connectivity index (χ0v) is 9.99. The van der Waals surface area contributed by atoms with Crippen molar-refractivity contribution in [1.82, 2.24) is 0 Å². The van der Waals surface area contributed by atoms with Crippen molar-refractivity contribution in [1.29, 1.82) is 5.26 Å². The monoisotopic (exact) mass is 223 g/mol. The Morgan fingerprint density at radius 1 is 1.40 bits per heavy atom. The molecule has 0 aliphatic rings. The second-order valence-corrected chi connectivity index (χ2v) is 6.12. The van der Waals surface area contributed by atoms with E-state index in [0.717, 1.165) is 0 Å². The summed E-state index contributed by atoms with van der Waals surface area (Å²) in [5, 5.41) is 8.59. The van der Waals surface area contributed by atoms with Crippen LogP contribution in [0.15, 0.2) is 18.2 Å². The lowest BCUT2D eigenvalue weighted by Gasteiger charge is -2.17. The third-order valence-corrected chi connectivity index (χ3v) is 3.16. The summed E-state index contributed by atoms with van der Waals surface area (Å²) in [6.07, 6.45) is 0. The SMILES string of the molecule is CC(C)(C)SCc1ccc(C#N)cc1F. The summed E-state index contributed by atoms with van der Waals surface area (Å²) in [5.74, 6) is 0.354. The molecule has 3 heteroatoms. The molecule has 0 fully saturated rings. The van der Waals surface area contributed by atoms with Crippen LogP contribution in [0.5, 0.6) is 0 Å². The van der Waals surface area contributed by atoms with Crippen LogP contribution in [0, 0.1) is 17.1 Å². The summed E-state index contributed by atoms with van der Waals surface area (Å²) in [4.78, 5) is 0. The molecule has 0 saturated carbocycles. The normalized spacial score (nSPS) is 11.1. The molecule has 0 aliphatic heterocycles. The van der Waals surface area contributed by atoms with Gasteiger partial charge in [-0.1, -0.05) is 26.8 Å². The van der Waals surface area contributed by atoms with Gasteiger partial charge in [0, 0.05) is 10.5 Å². The van der Waals surface area contributed by atoms with Gasteiger partial charge in [-0.15, -0.1) is 0 Å². The summed E-state index contributed by atoms with van der Waals surface area (Å²) in [7, 11) is 0. The van der Waals surface area contributed by atoms with E-state index in [-0.39, 0.29) is 10.6 Å². The highest BCUT2D eigenvalue weighted by Gasteiger charge is 2.12. The maximum Gasteiger partial charge on any atom is 0.128 e. The fraction of sp³-hybridized carbons (Fsp3) is 0.417. The fourth-order valence-corrected chi connectivity index (χ4v) is 1.85. The molecule has 0 aromatic heterocycles. The van der Waals surface area contributed by atoms with E-state index in [4.69, 9.17) is 5.26 Å². The predicted molar refractivity (Wildman–Crippen MR) is 62.2 cm³/mol. The maximum atomic E-state index is 13.4. The Bertz CT molecular complexity index is 388. The van der Waals surface area contributed by atoms with Crippen molar-refractivity contribution >= 4 is 11.8 Å². The molecule has 0 atom stereocenters. The van der Waals surface area contributed by atoms with Gasteiger partial charge >= 0.3 is 0 Å². The van der Waals surface area contributed by atoms with E-state index in [9.17, 15) is 4.39 Å². The maximum absolute atomic E-state index is 13.4. The molecule has 0 amide bonds. The zero-order chi connectivity index (χ0) is 11.5. The van der Waals surface area contributed by atoms with E-state index in [2.05, 4.69) is 20.8 Å². The topological polar surface area (TPSA) is 23.8 Å². The minimum Gasteiger partial charge on any atom is -0.207 e. The molecule has 0 spiro atoms. The van der Waals surface area contributed by atoms with Crippen LogP contribution in [0.2, 0.25) is 0 Å². The Labute approximate surface area is 94.3 Å². The molecule has 0 saturated heterocycles. The van der Waals surface area contributed by atoms with E-state index in [1.54, 1.807) is 23.9 Å². The number of benzene rings is 1. The van der Waals surface area contributed by atoms with Crippen LogP contribution >= 0.6 is 11.8 Å². The lowest BCUT2D eigenvalue weighted by atomic mass is 10.1. The number of nitriles is 1. The van der Waals surface area contributed by atoms with Crippen LogP contribution in [0.4, 0.5) is 4.39 Å². The lowest BCUT2D eigenvalue weighted by molar-refractivity contribution is 0.616. The number of nitrogens with zero attached hydrogens (tertiary/aromatic N) is 1. The lowest BCUT2D eigenvalue weighted by Crippen LogP contribution is -2.07. The summed E-state index contributed by atoms with van der Waals surface area (Å²) < 4.78 is 13.6. The van der Waals surface area contributed by atoms with E-state index in [0.29, 0.717) is 16.9 Å². The molecule has 1 aromatic carbocycles. The highest BCUT2D eigenvalue weighted by Crippen LogP contribution is 2.28. The summed E-state index contributed by atoms with van der Waals surface area (Å²) in [6.45, 7) is 6.29.